The van der Waals surface area contributed by atoms with Crippen molar-refractivity contribution < 1.29 is 0 Å². The average molecular weight is 496 g/mol. The van der Waals surface area contributed by atoms with E-state index in [0.29, 0.717) is 0 Å². The van der Waals surface area contributed by atoms with Gasteiger partial charge in [-0.15, -0.1) is 24.0 Å². The van der Waals surface area contributed by atoms with Crippen LogP contribution in [0.25, 0.3) is 0 Å². The summed E-state index contributed by atoms with van der Waals surface area (Å²) in [5.41, 5.74) is 5.12. The Hall–Kier alpha value is -1.77. The Bertz CT molecular complexity index is 763. The van der Waals surface area contributed by atoms with Crippen LogP contribution < -0.4 is 10.2 Å². The van der Waals surface area contributed by atoms with E-state index in [2.05, 4.69) is 69.4 Å². The molecule has 0 saturated carbocycles. The molecule has 1 aromatic carbocycles. The van der Waals surface area contributed by atoms with Crippen molar-refractivity contribution in [3.8, 4) is 0 Å². The van der Waals surface area contributed by atoms with Crippen LogP contribution in [0.3, 0.4) is 0 Å². The van der Waals surface area contributed by atoms with Gasteiger partial charge in [0.25, 0.3) is 0 Å². The Morgan fingerprint density at radius 3 is 2.32 bits per heavy atom. The number of aryl methyl sites for hydroxylation is 2. The molecule has 0 bridgehead atoms. The predicted octanol–water partition coefficient (Wildman–Crippen LogP) is 3.06. The fraction of sp³-hybridized carbons (Fsp3) is 0.524. The molecule has 0 radical (unpaired) electrons. The zero-order valence-electron chi connectivity index (χ0n) is 17.5. The summed E-state index contributed by atoms with van der Waals surface area (Å²) in [6.45, 7) is 9.12. The third-order valence-electron chi connectivity index (χ3n) is 5.36. The molecule has 0 spiro atoms. The van der Waals surface area contributed by atoms with E-state index < -0.39 is 0 Å². The topological polar surface area (TPSA) is 48.7 Å². The van der Waals surface area contributed by atoms with Crippen molar-refractivity contribution in [2.45, 2.75) is 33.2 Å². The van der Waals surface area contributed by atoms with Crippen molar-refractivity contribution in [1.29, 1.82) is 0 Å². The van der Waals surface area contributed by atoms with Crippen molar-refractivity contribution in [3.05, 3.63) is 47.3 Å². The van der Waals surface area contributed by atoms with Crippen molar-refractivity contribution in [1.82, 2.24) is 20.0 Å². The molecule has 0 amide bonds. The lowest BCUT2D eigenvalue weighted by Crippen LogP contribution is -2.52. The molecule has 0 atom stereocenters. The first-order valence-electron chi connectivity index (χ1n) is 9.97. The number of rotatable bonds is 5. The summed E-state index contributed by atoms with van der Waals surface area (Å²) in [7, 11) is 3.91. The molecule has 28 heavy (non-hydrogen) atoms. The number of hydrogen-bond donors (Lipinski definition) is 1. The summed E-state index contributed by atoms with van der Waals surface area (Å²) in [5.74, 6) is 0.982. The van der Waals surface area contributed by atoms with Gasteiger partial charge < -0.3 is 15.1 Å². The highest BCUT2D eigenvalue weighted by atomic mass is 127. The molecule has 1 N–H and O–H groups in total. The van der Waals surface area contributed by atoms with Gasteiger partial charge in [-0.3, -0.25) is 9.67 Å². The first-order chi connectivity index (χ1) is 13.2. The minimum absolute atomic E-state index is 0. The van der Waals surface area contributed by atoms with E-state index in [-0.39, 0.29) is 24.0 Å². The van der Waals surface area contributed by atoms with Crippen LogP contribution in [-0.2, 0) is 26.4 Å². The Morgan fingerprint density at radius 1 is 1.07 bits per heavy atom. The largest absolute Gasteiger partial charge is 0.368 e. The first kappa shape index (κ1) is 22.5. The van der Waals surface area contributed by atoms with E-state index in [4.69, 9.17) is 0 Å². The molecule has 3 rings (SSSR count). The van der Waals surface area contributed by atoms with Crippen molar-refractivity contribution in [3.63, 3.8) is 0 Å². The Kier molecular flexibility index (Phi) is 8.59. The van der Waals surface area contributed by atoms with Crippen LogP contribution in [0.2, 0.25) is 0 Å². The lowest BCUT2D eigenvalue weighted by molar-refractivity contribution is 0.372. The number of nitrogens with one attached hydrogen (secondary N) is 1. The average Bonchev–Trinajstić information content (AvgIpc) is 3.04. The zero-order valence-corrected chi connectivity index (χ0v) is 19.8. The number of nitrogens with zero attached hydrogens (tertiary/aromatic N) is 5. The third kappa shape index (κ3) is 4.98. The lowest BCUT2D eigenvalue weighted by Gasteiger charge is -2.37. The minimum atomic E-state index is 0. The molecule has 2 aromatic rings. The number of anilines is 1. The summed E-state index contributed by atoms with van der Waals surface area (Å²) in [5, 5.41) is 8.25. The molecule has 7 heteroatoms. The van der Waals surface area contributed by atoms with Gasteiger partial charge in [0.15, 0.2) is 5.96 Å². The summed E-state index contributed by atoms with van der Waals surface area (Å²) < 4.78 is 2.03. The summed E-state index contributed by atoms with van der Waals surface area (Å²) >= 11 is 0. The molecule has 0 unspecified atom stereocenters. The quantitative estimate of drug-likeness (QED) is 0.393. The maximum absolute atomic E-state index is 4.68. The highest BCUT2D eigenvalue weighted by Crippen LogP contribution is 2.17. The SMILES string of the molecule is CCc1nn(C)c(CC)c1CNC(=NC)N1CCN(c2ccccc2)CC1.I. The van der Waals surface area contributed by atoms with Crippen molar-refractivity contribution in [2.75, 3.05) is 38.1 Å². The minimum Gasteiger partial charge on any atom is -0.368 e. The Labute approximate surface area is 186 Å². The third-order valence-corrected chi connectivity index (χ3v) is 5.36. The standard InChI is InChI=1S/C21H32N6.HI/c1-5-19-18(20(6-2)25(4)24-19)16-23-21(22-3)27-14-12-26(13-15-27)17-10-8-7-9-11-17;/h7-11H,5-6,12-16H2,1-4H3,(H,22,23);1H. The molecule has 0 aliphatic carbocycles. The van der Waals surface area contributed by atoms with E-state index in [1.165, 1.54) is 22.6 Å². The zero-order chi connectivity index (χ0) is 19.2. The second kappa shape index (κ2) is 10.7. The number of halogens is 1. The molecular formula is C21H33IN6. The second-order valence-electron chi connectivity index (χ2n) is 6.91. The van der Waals surface area contributed by atoms with E-state index >= 15 is 0 Å². The van der Waals surface area contributed by atoms with E-state index in [1.807, 2.05) is 18.8 Å². The molecule has 6 nitrogen and oxygen atoms in total. The van der Waals surface area contributed by atoms with Crippen LogP contribution >= 0.6 is 24.0 Å². The predicted molar refractivity (Wildman–Crippen MR) is 128 cm³/mol. The molecular weight excluding hydrogens is 463 g/mol. The van der Waals surface area contributed by atoms with Gasteiger partial charge in [0.2, 0.25) is 0 Å². The van der Waals surface area contributed by atoms with E-state index in [1.54, 1.807) is 0 Å². The Balaban J connectivity index is 0.00000280. The number of guanidine groups is 1. The van der Waals surface area contributed by atoms with Gasteiger partial charge in [-0.1, -0.05) is 32.0 Å². The number of para-hydroxylation sites is 1. The Morgan fingerprint density at radius 2 is 1.75 bits per heavy atom. The van der Waals surface area contributed by atoms with Gasteiger partial charge in [0.05, 0.1) is 5.69 Å². The fourth-order valence-corrected chi connectivity index (χ4v) is 3.91. The van der Waals surface area contributed by atoms with Crippen LogP contribution in [0.4, 0.5) is 5.69 Å². The van der Waals surface area contributed by atoms with Crippen LogP contribution in [0.1, 0.15) is 30.8 Å². The first-order valence-corrected chi connectivity index (χ1v) is 9.97. The number of aromatic nitrogens is 2. The van der Waals surface area contributed by atoms with Gasteiger partial charge in [-0.2, -0.15) is 5.10 Å². The molecule has 1 aromatic heterocycles. The van der Waals surface area contributed by atoms with Gasteiger partial charge in [0, 0.05) is 63.8 Å². The molecule has 1 aliphatic heterocycles. The number of piperazine rings is 1. The van der Waals surface area contributed by atoms with Crippen LogP contribution in [0, 0.1) is 0 Å². The van der Waals surface area contributed by atoms with Gasteiger partial charge in [0.1, 0.15) is 0 Å². The van der Waals surface area contributed by atoms with Crippen LogP contribution in [0.5, 0.6) is 0 Å². The summed E-state index contributed by atoms with van der Waals surface area (Å²) in [4.78, 5) is 9.32. The lowest BCUT2D eigenvalue weighted by atomic mass is 10.1. The second-order valence-corrected chi connectivity index (χ2v) is 6.91. The van der Waals surface area contributed by atoms with Crippen LogP contribution in [0.15, 0.2) is 35.3 Å². The van der Waals surface area contributed by atoms with E-state index in [9.17, 15) is 0 Å². The van der Waals surface area contributed by atoms with Crippen LogP contribution in [-0.4, -0.2) is 53.9 Å². The summed E-state index contributed by atoms with van der Waals surface area (Å²) in [6.07, 6.45) is 1.95. The van der Waals surface area contributed by atoms with Crippen molar-refractivity contribution in [2.24, 2.45) is 12.0 Å². The van der Waals surface area contributed by atoms with Crippen molar-refractivity contribution >= 4 is 35.6 Å². The highest BCUT2D eigenvalue weighted by molar-refractivity contribution is 14.0. The van der Waals surface area contributed by atoms with Gasteiger partial charge in [-0.25, -0.2) is 0 Å². The van der Waals surface area contributed by atoms with Gasteiger partial charge in [-0.05, 0) is 25.0 Å². The number of aliphatic imine (C=N–C) groups is 1. The molecule has 2 heterocycles. The van der Waals surface area contributed by atoms with E-state index in [0.717, 1.165) is 51.5 Å². The number of benzene rings is 1. The van der Waals surface area contributed by atoms with Gasteiger partial charge >= 0.3 is 0 Å². The maximum Gasteiger partial charge on any atom is 0.194 e. The smallest absolute Gasteiger partial charge is 0.194 e. The fourth-order valence-electron chi connectivity index (χ4n) is 3.91. The highest BCUT2D eigenvalue weighted by Gasteiger charge is 2.21. The molecule has 154 valence electrons. The number of hydrogen-bond acceptors (Lipinski definition) is 3. The molecule has 1 fully saturated rings. The monoisotopic (exact) mass is 496 g/mol. The molecule has 1 aliphatic rings. The molecule has 1 saturated heterocycles. The summed E-state index contributed by atoms with van der Waals surface area (Å²) in [6, 6.07) is 10.6. The normalized spacial score (nSPS) is 14.8. The maximum atomic E-state index is 4.68.